The Balaban J connectivity index is 1.79. The van der Waals surface area contributed by atoms with E-state index in [9.17, 15) is 4.79 Å². The number of tetrazole rings is 1. The minimum atomic E-state index is -0.0521. The molecular weight excluding hydrogens is 268 g/mol. The molecular formula is C14H20N6O. The Bertz CT molecular complexity index is 567. The van der Waals surface area contributed by atoms with Gasteiger partial charge in [-0.05, 0) is 38.2 Å². The maximum atomic E-state index is 12.1. The van der Waals surface area contributed by atoms with Gasteiger partial charge in [-0.15, -0.1) is 10.2 Å². The molecule has 0 aliphatic carbocycles. The Morgan fingerprint density at radius 3 is 2.95 bits per heavy atom. The number of nitrogens with one attached hydrogen (secondary N) is 2. The fraction of sp³-hybridized carbons (Fsp3) is 0.429. The number of carbonyl (C=O) groups is 1. The summed E-state index contributed by atoms with van der Waals surface area (Å²) in [6, 6.07) is 7.68. The number of aromatic nitrogens is 4. The van der Waals surface area contributed by atoms with Crippen molar-refractivity contribution in [3.05, 3.63) is 41.2 Å². The summed E-state index contributed by atoms with van der Waals surface area (Å²) < 4.78 is 0. The molecule has 0 atom stereocenters. The molecule has 2 aromatic rings. The number of rotatable bonds is 7. The van der Waals surface area contributed by atoms with Gasteiger partial charge in [0.2, 0.25) is 0 Å². The predicted octanol–water partition coefficient (Wildman–Crippen LogP) is 0.624. The lowest BCUT2D eigenvalue weighted by atomic mass is 10.1. The lowest BCUT2D eigenvalue weighted by Crippen LogP contribution is -2.25. The van der Waals surface area contributed by atoms with Gasteiger partial charge in [-0.3, -0.25) is 4.79 Å². The van der Waals surface area contributed by atoms with E-state index in [-0.39, 0.29) is 5.91 Å². The maximum absolute atomic E-state index is 12.1. The van der Waals surface area contributed by atoms with Gasteiger partial charge in [0, 0.05) is 25.1 Å². The predicted molar refractivity (Wildman–Crippen MR) is 78.7 cm³/mol. The van der Waals surface area contributed by atoms with Crippen molar-refractivity contribution in [2.45, 2.75) is 19.4 Å². The summed E-state index contributed by atoms with van der Waals surface area (Å²) in [4.78, 5) is 14.1. The van der Waals surface area contributed by atoms with E-state index in [0.29, 0.717) is 24.4 Å². The van der Waals surface area contributed by atoms with Crippen LogP contribution in [0.5, 0.6) is 0 Å². The second kappa shape index (κ2) is 7.49. The molecule has 0 aliphatic heterocycles. The van der Waals surface area contributed by atoms with Crippen molar-refractivity contribution in [2.75, 3.05) is 20.6 Å². The Morgan fingerprint density at radius 1 is 1.38 bits per heavy atom. The first-order valence-corrected chi connectivity index (χ1v) is 6.89. The van der Waals surface area contributed by atoms with E-state index in [0.717, 1.165) is 18.5 Å². The van der Waals surface area contributed by atoms with Crippen molar-refractivity contribution < 1.29 is 4.79 Å². The highest BCUT2D eigenvalue weighted by Gasteiger charge is 2.06. The molecule has 2 N–H and O–H groups in total. The minimum Gasteiger partial charge on any atom is -0.352 e. The van der Waals surface area contributed by atoms with Gasteiger partial charge in [0.1, 0.15) is 0 Å². The summed E-state index contributed by atoms with van der Waals surface area (Å²) in [5, 5.41) is 16.5. The minimum absolute atomic E-state index is 0.0521. The van der Waals surface area contributed by atoms with Gasteiger partial charge in [-0.25, -0.2) is 0 Å². The summed E-state index contributed by atoms with van der Waals surface area (Å²) >= 11 is 0. The standard InChI is InChI=1S/C14H20N6O/c1-20(2)10-11-5-3-6-12(9-11)14(21)15-8-4-7-13-16-18-19-17-13/h3,5-6,9H,4,7-8,10H2,1-2H3,(H,15,21)(H,16,17,18,19). The Labute approximate surface area is 123 Å². The van der Waals surface area contributed by atoms with Crippen LogP contribution >= 0.6 is 0 Å². The number of carbonyl (C=O) groups excluding carboxylic acids is 1. The summed E-state index contributed by atoms with van der Waals surface area (Å²) in [5.74, 6) is 0.612. The van der Waals surface area contributed by atoms with E-state index in [2.05, 4.69) is 30.8 Å². The number of benzene rings is 1. The summed E-state index contributed by atoms with van der Waals surface area (Å²) in [6.45, 7) is 1.41. The van der Waals surface area contributed by atoms with E-state index in [1.165, 1.54) is 0 Å². The summed E-state index contributed by atoms with van der Waals surface area (Å²) in [7, 11) is 4.01. The quantitative estimate of drug-likeness (QED) is 0.730. The number of aromatic amines is 1. The third-order valence-electron chi connectivity index (χ3n) is 2.94. The van der Waals surface area contributed by atoms with Gasteiger partial charge in [0.15, 0.2) is 5.82 Å². The van der Waals surface area contributed by atoms with Crippen molar-refractivity contribution >= 4 is 5.91 Å². The Kier molecular flexibility index (Phi) is 5.39. The van der Waals surface area contributed by atoms with Crippen LogP contribution in [0, 0.1) is 0 Å². The molecule has 0 unspecified atom stereocenters. The third-order valence-corrected chi connectivity index (χ3v) is 2.94. The number of aryl methyl sites for hydroxylation is 1. The van der Waals surface area contributed by atoms with Crippen molar-refractivity contribution in [3.63, 3.8) is 0 Å². The average Bonchev–Trinajstić information content (AvgIpc) is 2.96. The molecule has 1 amide bonds. The molecule has 0 radical (unpaired) electrons. The van der Waals surface area contributed by atoms with E-state index >= 15 is 0 Å². The van der Waals surface area contributed by atoms with E-state index < -0.39 is 0 Å². The first kappa shape index (κ1) is 15.1. The molecule has 0 aliphatic rings. The van der Waals surface area contributed by atoms with Crippen LogP contribution in [-0.2, 0) is 13.0 Å². The second-order valence-electron chi connectivity index (χ2n) is 5.13. The van der Waals surface area contributed by atoms with E-state index in [1.54, 1.807) is 0 Å². The molecule has 1 aromatic heterocycles. The molecule has 7 nitrogen and oxygen atoms in total. The number of nitrogens with zero attached hydrogens (tertiary/aromatic N) is 4. The van der Waals surface area contributed by atoms with Gasteiger partial charge in [0.05, 0.1) is 0 Å². The first-order valence-electron chi connectivity index (χ1n) is 6.89. The molecule has 7 heteroatoms. The lowest BCUT2D eigenvalue weighted by Gasteiger charge is -2.11. The zero-order valence-corrected chi connectivity index (χ0v) is 12.3. The second-order valence-corrected chi connectivity index (χ2v) is 5.13. The fourth-order valence-corrected chi connectivity index (χ4v) is 2.01. The Morgan fingerprint density at radius 2 is 2.24 bits per heavy atom. The summed E-state index contributed by atoms with van der Waals surface area (Å²) in [5.41, 5.74) is 1.81. The molecule has 0 bridgehead atoms. The van der Waals surface area contributed by atoms with Crippen LogP contribution in [-0.4, -0.2) is 52.1 Å². The molecule has 0 spiro atoms. The van der Waals surface area contributed by atoms with Crippen molar-refractivity contribution in [1.82, 2.24) is 30.8 Å². The largest absolute Gasteiger partial charge is 0.352 e. The molecule has 112 valence electrons. The zero-order chi connectivity index (χ0) is 15.1. The number of H-pyrrole nitrogens is 1. The highest BCUT2D eigenvalue weighted by atomic mass is 16.1. The number of hydrogen-bond donors (Lipinski definition) is 2. The van der Waals surface area contributed by atoms with Crippen molar-refractivity contribution in [2.24, 2.45) is 0 Å². The van der Waals surface area contributed by atoms with E-state index in [1.807, 2.05) is 38.4 Å². The van der Waals surface area contributed by atoms with Crippen LogP contribution in [0.1, 0.15) is 28.2 Å². The van der Waals surface area contributed by atoms with Crippen LogP contribution in [0.25, 0.3) is 0 Å². The zero-order valence-electron chi connectivity index (χ0n) is 12.3. The van der Waals surface area contributed by atoms with E-state index in [4.69, 9.17) is 0 Å². The van der Waals surface area contributed by atoms with Crippen LogP contribution in [0.2, 0.25) is 0 Å². The van der Waals surface area contributed by atoms with Crippen molar-refractivity contribution in [3.8, 4) is 0 Å². The van der Waals surface area contributed by atoms with Crippen LogP contribution < -0.4 is 5.32 Å². The van der Waals surface area contributed by atoms with Gasteiger partial charge in [-0.2, -0.15) is 5.21 Å². The maximum Gasteiger partial charge on any atom is 0.251 e. The number of amides is 1. The monoisotopic (exact) mass is 288 g/mol. The lowest BCUT2D eigenvalue weighted by molar-refractivity contribution is 0.0953. The summed E-state index contributed by atoms with van der Waals surface area (Å²) in [6.07, 6.45) is 1.47. The molecule has 0 saturated heterocycles. The Hall–Kier alpha value is -2.28. The average molecular weight is 288 g/mol. The van der Waals surface area contributed by atoms with Crippen LogP contribution in [0.4, 0.5) is 0 Å². The fourth-order valence-electron chi connectivity index (χ4n) is 2.01. The third kappa shape index (κ3) is 4.96. The molecule has 21 heavy (non-hydrogen) atoms. The molecule has 0 saturated carbocycles. The first-order chi connectivity index (χ1) is 10.1. The van der Waals surface area contributed by atoms with Gasteiger partial charge in [-0.1, -0.05) is 17.3 Å². The SMILES string of the molecule is CN(C)Cc1cccc(C(=O)NCCCc2nn[nH]n2)c1. The normalized spacial score (nSPS) is 10.8. The molecule has 2 rings (SSSR count). The highest BCUT2D eigenvalue weighted by Crippen LogP contribution is 2.07. The van der Waals surface area contributed by atoms with Crippen LogP contribution in [0.15, 0.2) is 24.3 Å². The smallest absolute Gasteiger partial charge is 0.251 e. The van der Waals surface area contributed by atoms with Gasteiger partial charge in [0.25, 0.3) is 5.91 Å². The molecule has 0 fully saturated rings. The van der Waals surface area contributed by atoms with Gasteiger partial charge < -0.3 is 10.2 Å². The van der Waals surface area contributed by atoms with Gasteiger partial charge >= 0.3 is 0 Å². The number of hydrogen-bond acceptors (Lipinski definition) is 5. The molecule has 1 aromatic carbocycles. The molecule has 1 heterocycles. The van der Waals surface area contributed by atoms with Crippen LogP contribution in [0.3, 0.4) is 0 Å². The van der Waals surface area contributed by atoms with Crippen molar-refractivity contribution in [1.29, 1.82) is 0 Å². The topological polar surface area (TPSA) is 86.8 Å². The highest BCUT2D eigenvalue weighted by molar-refractivity contribution is 5.94.